The van der Waals surface area contributed by atoms with E-state index in [1.807, 2.05) is 13.8 Å². The topological polar surface area (TPSA) is 76.7 Å². The minimum Gasteiger partial charge on any atom is -0.450 e. The first-order valence-electron chi connectivity index (χ1n) is 8.00. The van der Waals surface area contributed by atoms with Gasteiger partial charge in [-0.2, -0.15) is 0 Å². The Hall–Kier alpha value is -1.46. The van der Waals surface area contributed by atoms with E-state index in [-0.39, 0.29) is 0 Å². The second-order valence-corrected chi connectivity index (χ2v) is 4.96. The van der Waals surface area contributed by atoms with Crippen molar-refractivity contribution in [3.8, 4) is 0 Å². The molecule has 0 aromatic heterocycles. The van der Waals surface area contributed by atoms with Gasteiger partial charge in [-0.15, -0.1) is 0 Å². The fourth-order valence-electron chi connectivity index (χ4n) is 1.57. The van der Waals surface area contributed by atoms with Crippen molar-refractivity contribution in [3.05, 3.63) is 0 Å². The van der Waals surface area contributed by atoms with Gasteiger partial charge in [0.25, 0.3) is 0 Å². The third-order valence-electron chi connectivity index (χ3n) is 2.89. The van der Waals surface area contributed by atoms with Crippen LogP contribution in [0.4, 0.5) is 9.59 Å². The molecule has 0 bridgehead atoms. The van der Waals surface area contributed by atoms with Gasteiger partial charge in [0, 0.05) is 0 Å². The lowest BCUT2D eigenvalue weighted by Gasteiger charge is -2.19. The van der Waals surface area contributed by atoms with Gasteiger partial charge in [-0.3, -0.25) is 0 Å². The summed E-state index contributed by atoms with van der Waals surface area (Å²) in [7, 11) is 0. The summed E-state index contributed by atoms with van der Waals surface area (Å²) in [6.45, 7) is 6.89. The number of amides is 2. The highest BCUT2D eigenvalue weighted by Gasteiger charge is 2.15. The predicted molar refractivity (Wildman–Crippen MR) is 82.1 cm³/mol. The van der Waals surface area contributed by atoms with E-state index < -0.39 is 18.4 Å². The number of ether oxygens (including phenoxy) is 2. The molecular weight excluding hydrogens is 272 g/mol. The molecule has 0 aliphatic carbocycles. The van der Waals surface area contributed by atoms with Crippen molar-refractivity contribution in [1.29, 1.82) is 0 Å². The molecule has 0 spiro atoms. The van der Waals surface area contributed by atoms with Crippen LogP contribution in [0.1, 0.15) is 65.7 Å². The van der Waals surface area contributed by atoms with Crippen molar-refractivity contribution in [2.24, 2.45) is 0 Å². The second kappa shape index (κ2) is 13.5. The van der Waals surface area contributed by atoms with E-state index >= 15 is 0 Å². The molecule has 0 fully saturated rings. The molecule has 0 aliphatic heterocycles. The van der Waals surface area contributed by atoms with Crippen molar-refractivity contribution in [2.45, 2.75) is 71.9 Å². The predicted octanol–water partition coefficient (Wildman–Crippen LogP) is 3.56. The summed E-state index contributed by atoms with van der Waals surface area (Å²) in [5.41, 5.74) is 0. The maximum absolute atomic E-state index is 11.6. The van der Waals surface area contributed by atoms with Crippen LogP contribution in [0.3, 0.4) is 0 Å². The van der Waals surface area contributed by atoms with Gasteiger partial charge in [-0.1, -0.05) is 40.0 Å². The molecule has 0 saturated carbocycles. The fourth-order valence-corrected chi connectivity index (χ4v) is 1.57. The zero-order valence-electron chi connectivity index (χ0n) is 13.6. The zero-order chi connectivity index (χ0) is 15.9. The third kappa shape index (κ3) is 12.0. The van der Waals surface area contributed by atoms with Crippen molar-refractivity contribution < 1.29 is 19.1 Å². The molecule has 0 aliphatic rings. The molecule has 2 amide bonds. The average Bonchev–Trinajstić information content (AvgIpc) is 2.45. The van der Waals surface area contributed by atoms with Crippen LogP contribution in [-0.4, -0.2) is 31.6 Å². The highest BCUT2D eigenvalue weighted by molar-refractivity contribution is 5.70. The van der Waals surface area contributed by atoms with Gasteiger partial charge in [0.1, 0.15) is 6.17 Å². The monoisotopic (exact) mass is 302 g/mol. The summed E-state index contributed by atoms with van der Waals surface area (Å²) in [5.74, 6) is 0. The van der Waals surface area contributed by atoms with E-state index in [1.165, 1.54) is 0 Å². The van der Waals surface area contributed by atoms with E-state index in [2.05, 4.69) is 17.6 Å². The quantitative estimate of drug-likeness (QED) is 0.452. The Balaban J connectivity index is 4.11. The molecule has 21 heavy (non-hydrogen) atoms. The lowest BCUT2D eigenvalue weighted by molar-refractivity contribution is 0.126. The SMILES string of the molecule is CCCCOC(=O)NC(CCCC)NC(=O)OCCCC. The van der Waals surface area contributed by atoms with E-state index in [4.69, 9.17) is 9.47 Å². The Morgan fingerprint density at radius 1 is 0.810 bits per heavy atom. The molecule has 0 radical (unpaired) electrons. The van der Waals surface area contributed by atoms with Crippen LogP contribution in [0, 0.1) is 0 Å². The molecule has 124 valence electrons. The molecule has 0 rings (SSSR count). The third-order valence-corrected chi connectivity index (χ3v) is 2.89. The van der Waals surface area contributed by atoms with E-state index in [9.17, 15) is 9.59 Å². The molecule has 0 heterocycles. The highest BCUT2D eigenvalue weighted by Crippen LogP contribution is 2.00. The van der Waals surface area contributed by atoms with Crippen LogP contribution < -0.4 is 10.6 Å². The van der Waals surface area contributed by atoms with Gasteiger partial charge in [-0.25, -0.2) is 9.59 Å². The van der Waals surface area contributed by atoms with Crippen LogP contribution in [-0.2, 0) is 9.47 Å². The Morgan fingerprint density at radius 2 is 1.24 bits per heavy atom. The van der Waals surface area contributed by atoms with Crippen molar-refractivity contribution in [1.82, 2.24) is 10.6 Å². The van der Waals surface area contributed by atoms with E-state index in [0.717, 1.165) is 38.5 Å². The van der Waals surface area contributed by atoms with E-state index in [0.29, 0.717) is 19.6 Å². The van der Waals surface area contributed by atoms with Gasteiger partial charge < -0.3 is 20.1 Å². The number of carbonyl (C=O) groups is 2. The molecular formula is C15H30N2O4. The number of alkyl carbamates (subject to hydrolysis) is 2. The summed E-state index contributed by atoms with van der Waals surface area (Å²) in [6, 6.07) is 0. The minimum absolute atomic E-state index is 0.393. The summed E-state index contributed by atoms with van der Waals surface area (Å²) in [6.07, 6.45) is 4.68. The molecule has 0 atom stereocenters. The summed E-state index contributed by atoms with van der Waals surface area (Å²) >= 11 is 0. The highest BCUT2D eigenvalue weighted by atomic mass is 16.6. The molecule has 6 heteroatoms. The largest absolute Gasteiger partial charge is 0.450 e. The maximum Gasteiger partial charge on any atom is 0.408 e. The van der Waals surface area contributed by atoms with Gasteiger partial charge in [0.05, 0.1) is 13.2 Å². The van der Waals surface area contributed by atoms with Gasteiger partial charge >= 0.3 is 12.2 Å². The molecule has 2 N–H and O–H groups in total. The van der Waals surface area contributed by atoms with Crippen molar-refractivity contribution >= 4 is 12.2 Å². The molecule has 0 aromatic rings. The Kier molecular flexibility index (Phi) is 12.6. The molecule has 0 unspecified atom stereocenters. The first-order valence-corrected chi connectivity index (χ1v) is 8.00. The summed E-state index contributed by atoms with van der Waals surface area (Å²) < 4.78 is 10.1. The first-order chi connectivity index (χ1) is 10.1. The normalized spacial score (nSPS) is 10.3. The first kappa shape index (κ1) is 19.5. The zero-order valence-corrected chi connectivity index (χ0v) is 13.6. The Labute approximate surface area is 127 Å². The average molecular weight is 302 g/mol. The number of hydrogen-bond acceptors (Lipinski definition) is 4. The molecule has 0 saturated heterocycles. The Morgan fingerprint density at radius 3 is 1.62 bits per heavy atom. The van der Waals surface area contributed by atoms with Crippen molar-refractivity contribution in [3.63, 3.8) is 0 Å². The van der Waals surface area contributed by atoms with E-state index in [1.54, 1.807) is 0 Å². The lowest BCUT2D eigenvalue weighted by atomic mass is 10.2. The van der Waals surface area contributed by atoms with Crippen LogP contribution in [0.25, 0.3) is 0 Å². The number of rotatable bonds is 11. The van der Waals surface area contributed by atoms with Crippen LogP contribution in [0.5, 0.6) is 0 Å². The number of unbranched alkanes of at least 4 members (excludes halogenated alkanes) is 3. The van der Waals surface area contributed by atoms with Gasteiger partial charge in [0.2, 0.25) is 0 Å². The Bertz CT molecular complexity index is 261. The van der Waals surface area contributed by atoms with Crippen molar-refractivity contribution in [2.75, 3.05) is 13.2 Å². The number of hydrogen-bond donors (Lipinski definition) is 2. The second-order valence-electron chi connectivity index (χ2n) is 4.96. The molecule has 0 aromatic carbocycles. The minimum atomic E-state index is -0.501. The standard InChI is InChI=1S/C15H30N2O4/c1-4-7-10-13(16-14(18)20-11-8-5-2)17-15(19)21-12-9-6-3/h13H,4-12H2,1-3H3,(H,16,18)(H,17,19). The lowest BCUT2D eigenvalue weighted by Crippen LogP contribution is -2.48. The van der Waals surface area contributed by atoms with Crippen LogP contribution >= 0.6 is 0 Å². The smallest absolute Gasteiger partial charge is 0.408 e. The fraction of sp³-hybridized carbons (Fsp3) is 0.867. The molecule has 6 nitrogen and oxygen atoms in total. The van der Waals surface area contributed by atoms with Gasteiger partial charge in [0.15, 0.2) is 0 Å². The summed E-state index contributed by atoms with van der Waals surface area (Å²) in [5, 5.41) is 5.32. The summed E-state index contributed by atoms with van der Waals surface area (Å²) in [4.78, 5) is 23.2. The van der Waals surface area contributed by atoms with Gasteiger partial charge in [-0.05, 0) is 25.7 Å². The van der Waals surface area contributed by atoms with Crippen LogP contribution in [0.15, 0.2) is 0 Å². The number of carbonyl (C=O) groups excluding carboxylic acids is 2. The number of nitrogens with one attached hydrogen (secondary N) is 2. The van der Waals surface area contributed by atoms with Crippen LogP contribution in [0.2, 0.25) is 0 Å². The maximum atomic E-state index is 11.6.